The molecule has 0 amide bonds. The summed E-state index contributed by atoms with van der Waals surface area (Å²) in [7, 11) is -7.03. The molecule has 2 N–H and O–H groups in total. The average molecular weight is 333 g/mol. The van der Waals surface area contributed by atoms with Crippen LogP contribution in [0, 0.1) is 0 Å². The number of hydrogen-bond acceptors (Lipinski definition) is 5. The molecule has 0 aliphatic heterocycles. The summed E-state index contributed by atoms with van der Waals surface area (Å²) < 4.78 is 47.8. The van der Waals surface area contributed by atoms with Crippen LogP contribution in [0.5, 0.6) is 0 Å². The third-order valence-electron chi connectivity index (χ3n) is 2.37. The van der Waals surface area contributed by atoms with Crippen molar-refractivity contribution in [2.24, 2.45) is 0 Å². The van der Waals surface area contributed by atoms with Crippen molar-refractivity contribution in [3.05, 3.63) is 35.9 Å². The van der Waals surface area contributed by atoms with Crippen LogP contribution >= 0.6 is 0 Å². The molecule has 21 heavy (non-hydrogen) atoms. The van der Waals surface area contributed by atoms with Crippen LogP contribution in [0.3, 0.4) is 0 Å². The minimum Gasteiger partial charge on any atom is -0.478 e. The first-order chi connectivity index (χ1) is 9.60. The number of aliphatic carboxylic acids is 1. The van der Waals surface area contributed by atoms with E-state index in [9.17, 15) is 21.6 Å². The SMILES string of the molecule is CS(=O)(=O)CCNS(=O)(=O)c1ccc(/C=C/C(=O)O)cc1. The highest BCUT2D eigenvalue weighted by atomic mass is 32.2. The Balaban J connectivity index is 2.78. The largest absolute Gasteiger partial charge is 0.478 e. The molecule has 0 radical (unpaired) electrons. The fourth-order valence-electron chi connectivity index (χ4n) is 1.37. The topological polar surface area (TPSA) is 118 Å². The van der Waals surface area contributed by atoms with Crippen molar-refractivity contribution in [1.29, 1.82) is 0 Å². The molecule has 0 saturated heterocycles. The number of rotatable bonds is 7. The van der Waals surface area contributed by atoms with Crippen molar-refractivity contribution in [2.75, 3.05) is 18.6 Å². The third-order valence-corrected chi connectivity index (χ3v) is 4.80. The molecule has 0 atom stereocenters. The fourth-order valence-corrected chi connectivity index (χ4v) is 3.00. The molecule has 0 spiro atoms. The zero-order valence-electron chi connectivity index (χ0n) is 11.2. The van der Waals surface area contributed by atoms with Crippen molar-refractivity contribution >= 4 is 31.9 Å². The van der Waals surface area contributed by atoms with Crippen LogP contribution in [-0.2, 0) is 24.7 Å². The van der Waals surface area contributed by atoms with Gasteiger partial charge in [0.15, 0.2) is 0 Å². The van der Waals surface area contributed by atoms with E-state index >= 15 is 0 Å². The van der Waals surface area contributed by atoms with E-state index in [1.54, 1.807) is 0 Å². The number of sulfonamides is 1. The number of sulfone groups is 1. The number of carboxylic acids is 1. The van der Waals surface area contributed by atoms with E-state index in [-0.39, 0.29) is 17.2 Å². The summed E-state index contributed by atoms with van der Waals surface area (Å²) in [6.45, 7) is -0.207. The molecule has 7 nitrogen and oxygen atoms in total. The maximum Gasteiger partial charge on any atom is 0.328 e. The molecule has 0 aromatic heterocycles. The number of hydrogen-bond donors (Lipinski definition) is 2. The lowest BCUT2D eigenvalue weighted by Gasteiger charge is -2.06. The molecule has 1 rings (SSSR count). The zero-order valence-corrected chi connectivity index (χ0v) is 12.8. The molecule has 116 valence electrons. The van der Waals surface area contributed by atoms with Gasteiger partial charge in [0.05, 0.1) is 10.6 Å². The second-order valence-corrected chi connectivity index (χ2v) is 8.29. The summed E-state index contributed by atoms with van der Waals surface area (Å²) in [4.78, 5) is 10.3. The lowest BCUT2D eigenvalue weighted by molar-refractivity contribution is -0.131. The summed E-state index contributed by atoms with van der Waals surface area (Å²) >= 11 is 0. The molecule has 1 aromatic rings. The Kier molecular flexibility index (Phi) is 5.64. The quantitative estimate of drug-likeness (QED) is 0.684. The Morgan fingerprint density at radius 1 is 1.19 bits per heavy atom. The van der Waals surface area contributed by atoms with Crippen LogP contribution in [0.15, 0.2) is 35.2 Å². The summed E-state index contributed by atoms with van der Waals surface area (Å²) in [6.07, 6.45) is 3.29. The van der Waals surface area contributed by atoms with Gasteiger partial charge in [0.25, 0.3) is 0 Å². The highest BCUT2D eigenvalue weighted by molar-refractivity contribution is 7.91. The van der Waals surface area contributed by atoms with Crippen molar-refractivity contribution in [3.63, 3.8) is 0 Å². The van der Waals surface area contributed by atoms with Crippen LogP contribution in [0.25, 0.3) is 6.08 Å². The summed E-state index contributed by atoms with van der Waals surface area (Å²) in [5.41, 5.74) is 0.535. The maximum absolute atomic E-state index is 11.9. The van der Waals surface area contributed by atoms with E-state index in [0.29, 0.717) is 5.56 Å². The second kappa shape index (κ2) is 6.83. The Hall–Kier alpha value is -1.71. The normalized spacial score (nSPS) is 12.6. The van der Waals surface area contributed by atoms with Gasteiger partial charge in [-0.15, -0.1) is 0 Å². The summed E-state index contributed by atoms with van der Waals surface area (Å²) in [6, 6.07) is 5.52. The van der Waals surface area contributed by atoms with Crippen LogP contribution in [0.1, 0.15) is 5.56 Å². The van der Waals surface area contributed by atoms with Gasteiger partial charge in [0.1, 0.15) is 9.84 Å². The van der Waals surface area contributed by atoms with Gasteiger partial charge in [-0.05, 0) is 23.8 Å². The standard InChI is InChI=1S/C12H15NO6S2/c1-20(16,17)9-8-13-21(18,19)11-5-2-10(3-6-11)4-7-12(14)15/h2-7,13H,8-9H2,1H3,(H,14,15)/b7-4+. The van der Waals surface area contributed by atoms with E-state index in [4.69, 9.17) is 5.11 Å². The van der Waals surface area contributed by atoms with Gasteiger partial charge in [-0.2, -0.15) is 0 Å². The van der Waals surface area contributed by atoms with Gasteiger partial charge in [-0.1, -0.05) is 12.1 Å². The predicted molar refractivity (Wildman–Crippen MR) is 78.0 cm³/mol. The second-order valence-electron chi connectivity index (χ2n) is 4.27. The van der Waals surface area contributed by atoms with Crippen molar-refractivity contribution in [2.45, 2.75) is 4.90 Å². The molecule has 0 heterocycles. The van der Waals surface area contributed by atoms with Gasteiger partial charge in [0.2, 0.25) is 10.0 Å². The maximum atomic E-state index is 11.9. The van der Waals surface area contributed by atoms with Gasteiger partial charge in [0, 0.05) is 18.9 Å². The van der Waals surface area contributed by atoms with Crippen molar-refractivity contribution in [1.82, 2.24) is 4.72 Å². The highest BCUT2D eigenvalue weighted by Gasteiger charge is 2.14. The molecule has 0 saturated carbocycles. The molecular weight excluding hydrogens is 318 g/mol. The Bertz CT molecular complexity index is 732. The molecule has 0 unspecified atom stereocenters. The molecule has 0 bridgehead atoms. The number of carboxylic acid groups (broad SMARTS) is 1. The minimum absolute atomic E-state index is 0.0246. The molecule has 0 fully saturated rings. The molecule has 9 heteroatoms. The Labute approximate surface area is 123 Å². The highest BCUT2D eigenvalue weighted by Crippen LogP contribution is 2.11. The summed E-state index contributed by atoms with van der Waals surface area (Å²) in [5.74, 6) is -1.39. The van der Waals surface area contributed by atoms with E-state index in [1.807, 2.05) is 0 Å². The van der Waals surface area contributed by atoms with Gasteiger partial charge in [-0.25, -0.2) is 26.4 Å². The molecule has 0 aliphatic rings. The number of nitrogens with one attached hydrogen (secondary N) is 1. The fraction of sp³-hybridized carbons (Fsp3) is 0.250. The molecule has 1 aromatic carbocycles. The molecule has 0 aliphatic carbocycles. The molecular formula is C12H15NO6S2. The predicted octanol–water partition coefficient (Wildman–Crippen LogP) is 0.107. The third kappa shape index (κ3) is 6.52. The monoisotopic (exact) mass is 333 g/mol. The smallest absolute Gasteiger partial charge is 0.328 e. The Morgan fingerprint density at radius 3 is 2.24 bits per heavy atom. The first kappa shape index (κ1) is 17.3. The number of carbonyl (C=O) groups is 1. The van der Waals surface area contributed by atoms with Crippen LogP contribution in [0.2, 0.25) is 0 Å². The van der Waals surface area contributed by atoms with Crippen LogP contribution in [-0.4, -0.2) is 46.5 Å². The van der Waals surface area contributed by atoms with E-state index in [2.05, 4.69) is 4.72 Å². The average Bonchev–Trinajstić information content (AvgIpc) is 2.35. The summed E-state index contributed by atoms with van der Waals surface area (Å²) in [5, 5.41) is 8.48. The van der Waals surface area contributed by atoms with Crippen molar-refractivity contribution in [3.8, 4) is 0 Å². The van der Waals surface area contributed by atoms with Crippen molar-refractivity contribution < 1.29 is 26.7 Å². The zero-order chi connectivity index (χ0) is 16.1. The van der Waals surface area contributed by atoms with E-state index in [0.717, 1.165) is 12.3 Å². The van der Waals surface area contributed by atoms with Gasteiger partial charge < -0.3 is 5.11 Å². The van der Waals surface area contributed by atoms with E-state index in [1.165, 1.54) is 30.3 Å². The van der Waals surface area contributed by atoms with Gasteiger partial charge in [-0.3, -0.25) is 0 Å². The number of benzene rings is 1. The Morgan fingerprint density at radius 2 is 1.76 bits per heavy atom. The van der Waals surface area contributed by atoms with E-state index < -0.39 is 25.8 Å². The van der Waals surface area contributed by atoms with Crippen LogP contribution in [0.4, 0.5) is 0 Å². The first-order valence-corrected chi connectivity index (χ1v) is 9.33. The van der Waals surface area contributed by atoms with Gasteiger partial charge >= 0.3 is 5.97 Å². The lowest BCUT2D eigenvalue weighted by Crippen LogP contribution is -2.28. The first-order valence-electron chi connectivity index (χ1n) is 5.79. The minimum atomic E-state index is -3.79. The van der Waals surface area contributed by atoms with Crippen LogP contribution < -0.4 is 4.72 Å². The lowest BCUT2D eigenvalue weighted by atomic mass is 10.2.